The predicted molar refractivity (Wildman–Crippen MR) is 98.1 cm³/mol. The molecule has 0 aromatic heterocycles. The third-order valence-electron chi connectivity index (χ3n) is 3.24. The number of hydrogen-bond acceptors (Lipinski definition) is 3. The van der Waals surface area contributed by atoms with Gasteiger partial charge in [-0.2, -0.15) is 5.10 Å². The van der Waals surface area contributed by atoms with Gasteiger partial charge in [-0.1, -0.05) is 42.5 Å². The van der Waals surface area contributed by atoms with Crippen molar-refractivity contribution >= 4 is 17.7 Å². The van der Waals surface area contributed by atoms with E-state index in [1.165, 1.54) is 0 Å². The molecule has 2 aromatic carbocycles. The van der Waals surface area contributed by atoms with E-state index in [9.17, 15) is 4.79 Å². The summed E-state index contributed by atoms with van der Waals surface area (Å²) >= 11 is 0. The van der Waals surface area contributed by atoms with Crippen molar-refractivity contribution in [3.8, 4) is 5.75 Å². The molecule has 24 heavy (non-hydrogen) atoms. The van der Waals surface area contributed by atoms with E-state index in [0.29, 0.717) is 11.5 Å². The van der Waals surface area contributed by atoms with E-state index in [0.717, 1.165) is 16.7 Å². The SMILES string of the molecule is CC(C=Cc1ccccc1)=NNC(=O)COc1cc(C)cc(C)c1. The van der Waals surface area contributed by atoms with Crippen LogP contribution in [0.4, 0.5) is 0 Å². The molecule has 2 rings (SSSR count). The zero-order valence-corrected chi connectivity index (χ0v) is 14.2. The van der Waals surface area contributed by atoms with Gasteiger partial charge in [-0.05, 0) is 55.7 Å². The number of aryl methyl sites for hydroxylation is 2. The van der Waals surface area contributed by atoms with Gasteiger partial charge in [0.15, 0.2) is 6.61 Å². The molecule has 0 aliphatic heterocycles. The van der Waals surface area contributed by atoms with Crippen LogP contribution in [0.5, 0.6) is 5.75 Å². The van der Waals surface area contributed by atoms with Gasteiger partial charge in [-0.15, -0.1) is 0 Å². The molecule has 0 saturated carbocycles. The number of rotatable bonds is 6. The van der Waals surface area contributed by atoms with E-state index in [2.05, 4.69) is 16.6 Å². The number of carbonyl (C=O) groups is 1. The minimum Gasteiger partial charge on any atom is -0.484 e. The first-order valence-electron chi connectivity index (χ1n) is 7.80. The van der Waals surface area contributed by atoms with Gasteiger partial charge >= 0.3 is 0 Å². The van der Waals surface area contributed by atoms with E-state index in [-0.39, 0.29) is 12.5 Å². The van der Waals surface area contributed by atoms with Crippen LogP contribution in [0.2, 0.25) is 0 Å². The van der Waals surface area contributed by atoms with E-state index >= 15 is 0 Å². The van der Waals surface area contributed by atoms with Crippen LogP contribution >= 0.6 is 0 Å². The smallest absolute Gasteiger partial charge is 0.277 e. The Labute approximate surface area is 142 Å². The zero-order chi connectivity index (χ0) is 17.4. The predicted octanol–water partition coefficient (Wildman–Crippen LogP) is 3.89. The Morgan fingerprint density at radius 1 is 1.12 bits per heavy atom. The summed E-state index contributed by atoms with van der Waals surface area (Å²) in [5.74, 6) is 0.397. The van der Waals surface area contributed by atoms with Crippen molar-refractivity contribution in [2.75, 3.05) is 6.61 Å². The van der Waals surface area contributed by atoms with E-state index < -0.39 is 0 Å². The molecule has 0 fully saturated rings. The highest BCUT2D eigenvalue weighted by molar-refractivity contribution is 5.97. The highest BCUT2D eigenvalue weighted by Gasteiger charge is 2.02. The monoisotopic (exact) mass is 322 g/mol. The lowest BCUT2D eigenvalue weighted by Gasteiger charge is -2.07. The van der Waals surface area contributed by atoms with Crippen LogP contribution < -0.4 is 10.2 Å². The maximum atomic E-state index is 11.8. The zero-order valence-electron chi connectivity index (χ0n) is 14.2. The van der Waals surface area contributed by atoms with Gasteiger partial charge in [0.1, 0.15) is 5.75 Å². The van der Waals surface area contributed by atoms with Crippen molar-refractivity contribution in [2.45, 2.75) is 20.8 Å². The van der Waals surface area contributed by atoms with E-state index in [4.69, 9.17) is 4.74 Å². The number of amides is 1. The van der Waals surface area contributed by atoms with Crippen LogP contribution in [-0.2, 0) is 4.79 Å². The summed E-state index contributed by atoms with van der Waals surface area (Å²) in [4.78, 5) is 11.8. The average Bonchev–Trinajstić information content (AvgIpc) is 2.56. The molecular formula is C20H22N2O2. The Morgan fingerprint density at radius 2 is 1.79 bits per heavy atom. The van der Waals surface area contributed by atoms with Crippen LogP contribution in [0.1, 0.15) is 23.6 Å². The summed E-state index contributed by atoms with van der Waals surface area (Å²) in [5, 5.41) is 4.04. The Balaban J connectivity index is 1.82. The molecule has 2 aromatic rings. The first-order valence-corrected chi connectivity index (χ1v) is 7.80. The summed E-state index contributed by atoms with van der Waals surface area (Å²) in [5.41, 5.74) is 6.48. The van der Waals surface area contributed by atoms with Crippen molar-refractivity contribution in [1.82, 2.24) is 5.43 Å². The first kappa shape index (κ1) is 17.5. The molecule has 0 radical (unpaired) electrons. The molecule has 4 heteroatoms. The van der Waals surface area contributed by atoms with E-state index in [1.807, 2.05) is 75.4 Å². The number of allylic oxidation sites excluding steroid dienone is 1. The molecule has 1 amide bonds. The Hall–Kier alpha value is -2.88. The van der Waals surface area contributed by atoms with Crippen molar-refractivity contribution in [2.24, 2.45) is 5.10 Å². The molecular weight excluding hydrogens is 300 g/mol. The minimum atomic E-state index is -0.290. The molecule has 0 aliphatic carbocycles. The second kappa shape index (κ2) is 8.67. The van der Waals surface area contributed by atoms with Gasteiger partial charge in [0.2, 0.25) is 0 Å². The second-order valence-corrected chi connectivity index (χ2v) is 5.64. The van der Waals surface area contributed by atoms with Crippen molar-refractivity contribution < 1.29 is 9.53 Å². The minimum absolute atomic E-state index is 0.0674. The molecule has 1 N–H and O–H groups in total. The lowest BCUT2D eigenvalue weighted by molar-refractivity contribution is -0.123. The van der Waals surface area contributed by atoms with Gasteiger partial charge in [-0.3, -0.25) is 4.79 Å². The number of hydrogen-bond donors (Lipinski definition) is 1. The number of hydrazone groups is 1. The number of ether oxygens (including phenoxy) is 1. The maximum absolute atomic E-state index is 11.8. The fourth-order valence-corrected chi connectivity index (χ4v) is 2.17. The standard InChI is InChI=1S/C20H22N2O2/c1-15-11-16(2)13-19(12-15)24-14-20(23)22-21-17(3)9-10-18-7-5-4-6-8-18/h4-13H,14H2,1-3H3,(H,22,23). The lowest BCUT2D eigenvalue weighted by atomic mass is 10.1. The van der Waals surface area contributed by atoms with Gasteiger partial charge < -0.3 is 4.74 Å². The van der Waals surface area contributed by atoms with Crippen LogP contribution in [0, 0.1) is 13.8 Å². The number of carbonyl (C=O) groups excluding carboxylic acids is 1. The molecule has 0 heterocycles. The second-order valence-electron chi connectivity index (χ2n) is 5.64. The first-order chi connectivity index (χ1) is 11.5. The molecule has 0 atom stereocenters. The topological polar surface area (TPSA) is 50.7 Å². The molecule has 124 valence electrons. The Kier molecular flexibility index (Phi) is 6.32. The van der Waals surface area contributed by atoms with Crippen LogP contribution in [0.3, 0.4) is 0 Å². The fourth-order valence-electron chi connectivity index (χ4n) is 2.17. The fraction of sp³-hybridized carbons (Fsp3) is 0.200. The molecule has 0 bridgehead atoms. The summed E-state index contributed by atoms with van der Waals surface area (Å²) in [6.07, 6.45) is 3.79. The van der Waals surface area contributed by atoms with Crippen molar-refractivity contribution in [3.63, 3.8) is 0 Å². The van der Waals surface area contributed by atoms with Gasteiger partial charge in [0.05, 0.1) is 5.71 Å². The van der Waals surface area contributed by atoms with Crippen LogP contribution in [-0.4, -0.2) is 18.2 Å². The number of benzene rings is 2. The molecule has 0 unspecified atom stereocenters. The molecule has 0 aliphatic rings. The molecule has 4 nitrogen and oxygen atoms in total. The maximum Gasteiger partial charge on any atom is 0.277 e. The average molecular weight is 322 g/mol. The molecule has 0 spiro atoms. The highest BCUT2D eigenvalue weighted by atomic mass is 16.5. The van der Waals surface area contributed by atoms with Crippen LogP contribution in [0.25, 0.3) is 6.08 Å². The number of nitrogens with one attached hydrogen (secondary N) is 1. The van der Waals surface area contributed by atoms with E-state index in [1.54, 1.807) is 0 Å². The summed E-state index contributed by atoms with van der Waals surface area (Å²) in [6.45, 7) is 5.74. The Morgan fingerprint density at radius 3 is 2.46 bits per heavy atom. The summed E-state index contributed by atoms with van der Waals surface area (Å²) in [6, 6.07) is 15.8. The quantitative estimate of drug-likeness (QED) is 0.648. The third-order valence-corrected chi connectivity index (χ3v) is 3.24. The molecule has 0 saturated heterocycles. The van der Waals surface area contributed by atoms with Gasteiger partial charge in [0, 0.05) is 0 Å². The normalized spacial score (nSPS) is 11.5. The summed E-state index contributed by atoms with van der Waals surface area (Å²) in [7, 11) is 0. The van der Waals surface area contributed by atoms with Crippen molar-refractivity contribution in [1.29, 1.82) is 0 Å². The largest absolute Gasteiger partial charge is 0.484 e. The lowest BCUT2D eigenvalue weighted by Crippen LogP contribution is -2.25. The Bertz CT molecular complexity index is 729. The number of nitrogens with zero attached hydrogens (tertiary/aromatic N) is 1. The van der Waals surface area contributed by atoms with Gasteiger partial charge in [0.25, 0.3) is 5.91 Å². The highest BCUT2D eigenvalue weighted by Crippen LogP contribution is 2.15. The van der Waals surface area contributed by atoms with Crippen molar-refractivity contribution in [3.05, 3.63) is 71.3 Å². The van der Waals surface area contributed by atoms with Gasteiger partial charge in [-0.25, -0.2) is 5.43 Å². The summed E-state index contributed by atoms with van der Waals surface area (Å²) < 4.78 is 5.49. The third kappa shape index (κ3) is 6.08. The van der Waals surface area contributed by atoms with Crippen LogP contribution in [0.15, 0.2) is 59.7 Å².